The molecule has 0 radical (unpaired) electrons. The molecule has 5 nitrogen and oxygen atoms in total. The third kappa shape index (κ3) is 3.76. The number of ketones is 1. The van der Waals surface area contributed by atoms with Crippen molar-refractivity contribution in [3.63, 3.8) is 0 Å². The first-order chi connectivity index (χ1) is 9.56. The number of aromatic nitrogens is 1. The molecule has 2 aromatic rings. The number of carboxylic acids is 1. The van der Waals surface area contributed by atoms with Gasteiger partial charge in [0.05, 0.1) is 12.1 Å². The van der Waals surface area contributed by atoms with E-state index in [0.29, 0.717) is 0 Å². The van der Waals surface area contributed by atoms with Crippen LogP contribution in [0.5, 0.6) is 0 Å². The predicted octanol–water partition coefficient (Wildman–Crippen LogP) is 1.89. The topological polar surface area (TPSA) is 79.3 Å². The van der Waals surface area contributed by atoms with Gasteiger partial charge in [0.25, 0.3) is 0 Å². The van der Waals surface area contributed by atoms with Crippen molar-refractivity contribution < 1.29 is 14.7 Å². The molecule has 1 aromatic carbocycles. The average molecular weight is 293 g/mol. The second-order valence-corrected chi connectivity index (χ2v) is 4.79. The standard InChI is InChI=1S/C9H6ClN.C5H7NO3/c10-8-4-3-7-2-1-5-11-9(7)6-8;7-3-1-4(5(8)9)6-2-3/h1-6H;4,6H,1-2H2,(H,8,9)/t;4-/m.0/s1. The monoisotopic (exact) mass is 292 g/mol. The molecule has 2 N–H and O–H groups in total. The van der Waals surface area contributed by atoms with Crippen molar-refractivity contribution in [3.8, 4) is 0 Å². The van der Waals surface area contributed by atoms with Gasteiger partial charge in [0.1, 0.15) is 11.8 Å². The Hall–Kier alpha value is -1.98. The first-order valence-electron chi connectivity index (χ1n) is 6.04. The zero-order chi connectivity index (χ0) is 14.5. The lowest BCUT2D eigenvalue weighted by Crippen LogP contribution is -2.29. The molecule has 0 bridgehead atoms. The van der Waals surface area contributed by atoms with Crippen molar-refractivity contribution in [2.75, 3.05) is 6.54 Å². The highest BCUT2D eigenvalue weighted by Gasteiger charge is 2.26. The minimum absolute atomic E-state index is 0.0256. The molecule has 3 rings (SSSR count). The van der Waals surface area contributed by atoms with Gasteiger partial charge in [-0.1, -0.05) is 23.7 Å². The van der Waals surface area contributed by atoms with Crippen molar-refractivity contribution >= 4 is 34.3 Å². The largest absolute Gasteiger partial charge is 0.480 e. The summed E-state index contributed by atoms with van der Waals surface area (Å²) in [5, 5.41) is 12.7. The van der Waals surface area contributed by atoms with E-state index in [-0.39, 0.29) is 18.7 Å². The van der Waals surface area contributed by atoms with Crippen molar-refractivity contribution in [3.05, 3.63) is 41.6 Å². The van der Waals surface area contributed by atoms with Crippen molar-refractivity contribution in [1.82, 2.24) is 10.3 Å². The Morgan fingerprint density at radius 3 is 2.80 bits per heavy atom. The van der Waals surface area contributed by atoms with Crippen LogP contribution in [0.1, 0.15) is 6.42 Å². The van der Waals surface area contributed by atoms with Crippen molar-refractivity contribution in [2.45, 2.75) is 12.5 Å². The van der Waals surface area contributed by atoms with Crippen LogP contribution in [0.15, 0.2) is 36.5 Å². The third-order valence-electron chi connectivity index (χ3n) is 2.84. The minimum atomic E-state index is -0.944. The molecule has 0 unspecified atom stereocenters. The summed E-state index contributed by atoms with van der Waals surface area (Å²) in [7, 11) is 0. The highest BCUT2D eigenvalue weighted by molar-refractivity contribution is 6.31. The van der Waals surface area contributed by atoms with E-state index in [0.717, 1.165) is 15.9 Å². The number of fused-ring (bicyclic) bond motifs is 1. The maximum Gasteiger partial charge on any atom is 0.321 e. The van der Waals surface area contributed by atoms with Crippen LogP contribution in [-0.4, -0.2) is 34.4 Å². The molecule has 6 heteroatoms. The van der Waals surface area contributed by atoms with Crippen LogP contribution in [0.4, 0.5) is 0 Å². The fourth-order valence-electron chi connectivity index (χ4n) is 1.82. The van der Waals surface area contributed by atoms with Crippen LogP contribution in [0.3, 0.4) is 0 Å². The molecule has 104 valence electrons. The number of carboxylic acid groups (broad SMARTS) is 1. The number of halogens is 1. The summed E-state index contributed by atoms with van der Waals surface area (Å²) in [6.45, 7) is 0.205. The van der Waals surface area contributed by atoms with Gasteiger partial charge >= 0.3 is 5.97 Å². The van der Waals surface area contributed by atoms with E-state index in [1.54, 1.807) is 6.20 Å². The number of hydrogen-bond acceptors (Lipinski definition) is 4. The molecule has 1 fully saturated rings. The SMILES string of the molecule is Clc1ccc2cccnc2c1.O=C1CN[C@H](C(=O)O)C1. The molecule has 1 aliphatic heterocycles. The smallest absolute Gasteiger partial charge is 0.321 e. The van der Waals surface area contributed by atoms with Gasteiger partial charge in [-0.05, 0) is 18.2 Å². The summed E-state index contributed by atoms with van der Waals surface area (Å²) in [6, 6.07) is 8.97. The highest BCUT2D eigenvalue weighted by Crippen LogP contribution is 2.16. The van der Waals surface area contributed by atoms with Gasteiger partial charge in [0.15, 0.2) is 0 Å². The lowest BCUT2D eigenvalue weighted by Gasteiger charge is -1.98. The number of carbonyl (C=O) groups excluding carboxylic acids is 1. The lowest BCUT2D eigenvalue weighted by atomic mass is 10.2. The Balaban J connectivity index is 0.000000151. The molecular formula is C14H13ClN2O3. The van der Waals surface area contributed by atoms with Crippen LogP contribution >= 0.6 is 11.6 Å². The zero-order valence-electron chi connectivity index (χ0n) is 10.5. The fourth-order valence-corrected chi connectivity index (χ4v) is 1.99. The van der Waals surface area contributed by atoms with Crippen molar-refractivity contribution in [1.29, 1.82) is 0 Å². The van der Waals surface area contributed by atoms with Gasteiger partial charge in [-0.3, -0.25) is 19.9 Å². The number of nitrogens with one attached hydrogen (secondary N) is 1. The van der Waals surface area contributed by atoms with E-state index >= 15 is 0 Å². The van der Waals surface area contributed by atoms with E-state index in [9.17, 15) is 9.59 Å². The molecule has 0 saturated carbocycles. The first kappa shape index (κ1) is 14.4. The van der Waals surface area contributed by atoms with Crippen LogP contribution in [0, 0.1) is 0 Å². The Kier molecular flexibility index (Phi) is 4.65. The van der Waals surface area contributed by atoms with Gasteiger partial charge < -0.3 is 5.11 Å². The molecule has 1 saturated heterocycles. The fraction of sp³-hybridized carbons (Fsp3) is 0.214. The lowest BCUT2D eigenvalue weighted by molar-refractivity contribution is -0.139. The number of carbonyl (C=O) groups is 2. The highest BCUT2D eigenvalue weighted by atomic mass is 35.5. The summed E-state index contributed by atoms with van der Waals surface area (Å²) in [5.74, 6) is -0.969. The number of rotatable bonds is 1. The molecular weight excluding hydrogens is 280 g/mol. The Labute approximate surface area is 120 Å². The zero-order valence-corrected chi connectivity index (χ0v) is 11.3. The second-order valence-electron chi connectivity index (χ2n) is 4.35. The molecule has 1 aliphatic rings. The molecule has 1 aromatic heterocycles. The van der Waals surface area contributed by atoms with E-state index in [2.05, 4.69) is 10.3 Å². The Bertz CT molecular complexity index is 645. The maximum atomic E-state index is 10.4. The molecule has 0 spiro atoms. The van der Waals surface area contributed by atoms with E-state index in [1.807, 2.05) is 30.3 Å². The second kappa shape index (κ2) is 6.45. The third-order valence-corrected chi connectivity index (χ3v) is 3.08. The van der Waals surface area contributed by atoms with Crippen LogP contribution in [0.2, 0.25) is 5.02 Å². The molecule has 0 amide bonds. The Morgan fingerprint density at radius 1 is 1.40 bits per heavy atom. The minimum Gasteiger partial charge on any atom is -0.480 e. The summed E-state index contributed by atoms with van der Waals surface area (Å²) in [4.78, 5) is 24.7. The maximum absolute atomic E-state index is 10.4. The van der Waals surface area contributed by atoms with E-state index in [1.165, 1.54) is 0 Å². The van der Waals surface area contributed by atoms with Crippen LogP contribution in [0.25, 0.3) is 10.9 Å². The average Bonchev–Trinajstić information content (AvgIpc) is 2.86. The summed E-state index contributed by atoms with van der Waals surface area (Å²) in [6.07, 6.45) is 1.90. The first-order valence-corrected chi connectivity index (χ1v) is 6.42. The Morgan fingerprint density at radius 2 is 2.20 bits per heavy atom. The molecule has 1 atom stereocenters. The predicted molar refractivity (Wildman–Crippen MR) is 75.8 cm³/mol. The molecule has 20 heavy (non-hydrogen) atoms. The number of nitrogens with zero attached hydrogens (tertiary/aromatic N) is 1. The van der Waals surface area contributed by atoms with Gasteiger partial charge in [-0.25, -0.2) is 0 Å². The summed E-state index contributed by atoms with van der Waals surface area (Å²) >= 11 is 5.78. The number of aliphatic carboxylic acids is 1. The number of Topliss-reactive ketones (excluding diaryl/α,β-unsaturated/α-hetero) is 1. The number of hydrogen-bond donors (Lipinski definition) is 2. The van der Waals surface area contributed by atoms with Crippen LogP contribution in [-0.2, 0) is 9.59 Å². The number of pyridine rings is 1. The normalized spacial score (nSPS) is 17.6. The van der Waals surface area contributed by atoms with E-state index in [4.69, 9.17) is 16.7 Å². The van der Waals surface area contributed by atoms with Crippen molar-refractivity contribution in [2.24, 2.45) is 0 Å². The van der Waals surface area contributed by atoms with E-state index < -0.39 is 12.0 Å². The summed E-state index contributed by atoms with van der Waals surface area (Å²) in [5.41, 5.74) is 0.944. The van der Waals surface area contributed by atoms with Gasteiger partial charge in [-0.2, -0.15) is 0 Å². The summed E-state index contributed by atoms with van der Waals surface area (Å²) < 4.78 is 0. The molecule has 0 aliphatic carbocycles. The quantitative estimate of drug-likeness (QED) is 0.839. The molecule has 2 heterocycles. The van der Waals surface area contributed by atoms with Gasteiger partial charge in [0.2, 0.25) is 0 Å². The number of benzene rings is 1. The van der Waals surface area contributed by atoms with Gasteiger partial charge in [0, 0.05) is 23.0 Å². The van der Waals surface area contributed by atoms with Gasteiger partial charge in [-0.15, -0.1) is 0 Å². The van der Waals surface area contributed by atoms with Crippen LogP contribution < -0.4 is 5.32 Å².